The van der Waals surface area contributed by atoms with Crippen LogP contribution in [0.25, 0.3) is 0 Å². The van der Waals surface area contributed by atoms with Gasteiger partial charge in [-0.15, -0.1) is 0 Å². The highest BCUT2D eigenvalue weighted by molar-refractivity contribution is 5.75. The molecule has 178 valence electrons. The summed E-state index contributed by atoms with van der Waals surface area (Å²) in [4.78, 5) is 38.9. The van der Waals surface area contributed by atoms with Crippen LogP contribution in [0.1, 0.15) is 85.0 Å². The van der Waals surface area contributed by atoms with Crippen LogP contribution in [0.4, 0.5) is 0 Å². The van der Waals surface area contributed by atoms with Gasteiger partial charge < -0.3 is 26.2 Å². The molecule has 0 fully saturated rings. The van der Waals surface area contributed by atoms with Crippen molar-refractivity contribution in [3.8, 4) is 0 Å². The Morgan fingerprint density at radius 2 is 1.43 bits per heavy atom. The third-order valence-electron chi connectivity index (χ3n) is 4.00. The zero-order valence-corrected chi connectivity index (χ0v) is 19.0. The lowest BCUT2D eigenvalue weighted by molar-refractivity contribution is -0.136. The number of amides is 2. The van der Waals surface area contributed by atoms with Gasteiger partial charge in [-0.2, -0.15) is 0 Å². The molecule has 0 saturated carbocycles. The van der Waals surface area contributed by atoms with Crippen LogP contribution in [0.3, 0.4) is 0 Å². The molecular formula is C21H43N3O6. The summed E-state index contributed by atoms with van der Waals surface area (Å²) in [6.07, 6.45) is 12.7. The lowest BCUT2D eigenvalue weighted by Crippen LogP contribution is -2.38. The fraction of sp³-hybridized carbons (Fsp3) is 0.810. The first-order valence-electron chi connectivity index (χ1n) is 10.9. The van der Waals surface area contributed by atoms with E-state index >= 15 is 0 Å². The maximum absolute atomic E-state index is 11.6. The van der Waals surface area contributed by atoms with Crippen LogP contribution in [-0.4, -0.2) is 60.6 Å². The number of carboxylic acid groups (broad SMARTS) is 2. The van der Waals surface area contributed by atoms with Crippen LogP contribution in [-0.2, 0) is 19.2 Å². The summed E-state index contributed by atoms with van der Waals surface area (Å²) >= 11 is 0. The molecule has 9 heteroatoms. The van der Waals surface area contributed by atoms with E-state index in [9.17, 15) is 14.4 Å². The number of carbonyl (C=O) groups is 4. The monoisotopic (exact) mass is 433 g/mol. The molecule has 5 N–H and O–H groups in total. The number of aliphatic carboxylic acids is 1. The van der Waals surface area contributed by atoms with Crippen molar-refractivity contribution < 1.29 is 29.4 Å². The third kappa shape index (κ3) is 36.7. The number of likely N-dealkylation sites (N-methyl/N-ethyl adjacent to an activating group) is 1. The number of hydrogen-bond acceptors (Lipinski definition) is 5. The molecule has 30 heavy (non-hydrogen) atoms. The number of rotatable bonds is 17. The Morgan fingerprint density at radius 3 is 1.83 bits per heavy atom. The van der Waals surface area contributed by atoms with Crippen LogP contribution < -0.4 is 16.0 Å². The fourth-order valence-electron chi connectivity index (χ4n) is 2.50. The Bertz CT molecular complexity index is 408. The Morgan fingerprint density at radius 1 is 0.933 bits per heavy atom. The SMILES string of the molecule is CCCCCCCCCCCC(=O)NCC(C)NCC.O=CNCC(=O)O.O=CO. The summed E-state index contributed by atoms with van der Waals surface area (Å²) in [5, 5.41) is 23.0. The van der Waals surface area contributed by atoms with Crippen molar-refractivity contribution in [2.45, 2.75) is 91.0 Å². The highest BCUT2D eigenvalue weighted by atomic mass is 16.4. The van der Waals surface area contributed by atoms with Crippen LogP contribution in [0.2, 0.25) is 0 Å². The zero-order valence-electron chi connectivity index (χ0n) is 19.0. The van der Waals surface area contributed by atoms with E-state index < -0.39 is 5.97 Å². The average Bonchev–Trinajstić information content (AvgIpc) is 2.71. The molecule has 0 aliphatic heterocycles. The lowest BCUT2D eigenvalue weighted by Gasteiger charge is -2.13. The number of carboxylic acids is 1. The topological polar surface area (TPSA) is 145 Å². The second kappa shape index (κ2) is 29.0. The second-order valence-corrected chi connectivity index (χ2v) is 6.84. The Labute approximate surface area is 181 Å². The summed E-state index contributed by atoms with van der Waals surface area (Å²) in [6.45, 7) is 7.58. The van der Waals surface area contributed by atoms with Crippen molar-refractivity contribution in [2.24, 2.45) is 0 Å². The molecule has 0 aromatic rings. The molecule has 0 aromatic heterocycles. The first kappa shape index (κ1) is 32.5. The maximum atomic E-state index is 11.6. The van der Waals surface area contributed by atoms with Crippen molar-refractivity contribution in [3.63, 3.8) is 0 Å². The first-order valence-corrected chi connectivity index (χ1v) is 10.9. The first-order chi connectivity index (χ1) is 14.4. The minimum absolute atomic E-state index is 0.206. The van der Waals surface area contributed by atoms with Crippen LogP contribution in [0.15, 0.2) is 0 Å². The Balaban J connectivity index is -0.000000603. The molecule has 9 nitrogen and oxygen atoms in total. The normalized spacial score (nSPS) is 10.4. The summed E-state index contributed by atoms with van der Waals surface area (Å²) in [6, 6.07) is 0.368. The molecule has 0 bridgehead atoms. The number of carbonyl (C=O) groups excluding carboxylic acids is 2. The average molecular weight is 434 g/mol. The van der Waals surface area contributed by atoms with Crippen molar-refractivity contribution in [2.75, 3.05) is 19.6 Å². The Kier molecular flexibility index (Phi) is 31.5. The number of nitrogens with one attached hydrogen (secondary N) is 3. The molecule has 0 radical (unpaired) electrons. The van der Waals surface area contributed by atoms with Crippen LogP contribution >= 0.6 is 0 Å². The van der Waals surface area contributed by atoms with E-state index in [0.717, 1.165) is 19.5 Å². The van der Waals surface area contributed by atoms with E-state index in [1.807, 2.05) is 5.32 Å². The van der Waals surface area contributed by atoms with Gasteiger partial charge in [0.05, 0.1) is 0 Å². The fourth-order valence-corrected chi connectivity index (χ4v) is 2.50. The predicted octanol–water partition coefficient (Wildman–Crippen LogP) is 2.54. The van der Waals surface area contributed by atoms with E-state index in [-0.39, 0.29) is 18.9 Å². The lowest BCUT2D eigenvalue weighted by atomic mass is 10.1. The highest BCUT2D eigenvalue weighted by Crippen LogP contribution is 2.10. The van der Waals surface area contributed by atoms with Gasteiger partial charge in [0.25, 0.3) is 6.47 Å². The second-order valence-electron chi connectivity index (χ2n) is 6.84. The van der Waals surface area contributed by atoms with E-state index in [1.165, 1.54) is 51.4 Å². The summed E-state index contributed by atoms with van der Waals surface area (Å²) in [5.41, 5.74) is 0. The molecular weight excluding hydrogens is 390 g/mol. The molecule has 0 aromatic carbocycles. The zero-order chi connectivity index (χ0) is 23.5. The maximum Gasteiger partial charge on any atom is 0.322 e. The quantitative estimate of drug-likeness (QED) is 0.175. The molecule has 0 rings (SSSR count). The molecule has 0 saturated heterocycles. The third-order valence-corrected chi connectivity index (χ3v) is 4.00. The van der Waals surface area contributed by atoms with Crippen molar-refractivity contribution in [1.29, 1.82) is 0 Å². The van der Waals surface area contributed by atoms with E-state index in [0.29, 0.717) is 18.9 Å². The van der Waals surface area contributed by atoms with Crippen LogP contribution in [0.5, 0.6) is 0 Å². The number of hydrogen-bond donors (Lipinski definition) is 5. The molecule has 2 amide bonds. The van der Waals surface area contributed by atoms with Crippen molar-refractivity contribution in [3.05, 3.63) is 0 Å². The van der Waals surface area contributed by atoms with Gasteiger partial charge in [-0.3, -0.25) is 19.2 Å². The van der Waals surface area contributed by atoms with E-state index in [1.54, 1.807) is 0 Å². The summed E-state index contributed by atoms with van der Waals surface area (Å²) in [7, 11) is 0. The standard InChI is InChI=1S/C17H36N2O.C3H5NO3.CH2O2/c1-4-6-7-8-9-10-11-12-13-14-17(20)19-15-16(3)18-5-2;5-2-4-1-3(6)7;2-1-3/h16,18H,4-15H2,1-3H3,(H,19,20);2H,1H2,(H,4,5)(H,6,7);1H,(H,2,3). The van der Waals surface area contributed by atoms with Gasteiger partial charge in [-0.05, 0) is 19.9 Å². The van der Waals surface area contributed by atoms with Gasteiger partial charge >= 0.3 is 5.97 Å². The van der Waals surface area contributed by atoms with Gasteiger partial charge in [0.2, 0.25) is 12.3 Å². The minimum Gasteiger partial charge on any atom is -0.483 e. The molecule has 1 unspecified atom stereocenters. The van der Waals surface area contributed by atoms with Crippen molar-refractivity contribution in [1.82, 2.24) is 16.0 Å². The summed E-state index contributed by atoms with van der Waals surface area (Å²) < 4.78 is 0. The van der Waals surface area contributed by atoms with Gasteiger partial charge in [0, 0.05) is 19.0 Å². The summed E-state index contributed by atoms with van der Waals surface area (Å²) in [5.74, 6) is -0.829. The van der Waals surface area contributed by atoms with Gasteiger partial charge in [0.15, 0.2) is 0 Å². The Hall–Kier alpha value is -2.16. The van der Waals surface area contributed by atoms with E-state index in [4.69, 9.17) is 15.0 Å². The molecule has 0 aliphatic rings. The molecule has 1 atom stereocenters. The van der Waals surface area contributed by atoms with Gasteiger partial charge in [-0.1, -0.05) is 65.2 Å². The number of unbranched alkanes of at least 4 members (excludes halogenated alkanes) is 8. The molecule has 0 spiro atoms. The highest BCUT2D eigenvalue weighted by Gasteiger charge is 2.04. The van der Waals surface area contributed by atoms with Crippen LogP contribution in [0, 0.1) is 0 Å². The largest absolute Gasteiger partial charge is 0.483 e. The molecule has 0 aliphatic carbocycles. The predicted molar refractivity (Wildman–Crippen MR) is 118 cm³/mol. The van der Waals surface area contributed by atoms with Crippen molar-refractivity contribution >= 4 is 24.8 Å². The van der Waals surface area contributed by atoms with Gasteiger partial charge in [-0.25, -0.2) is 0 Å². The van der Waals surface area contributed by atoms with E-state index in [2.05, 4.69) is 31.4 Å². The smallest absolute Gasteiger partial charge is 0.322 e. The minimum atomic E-state index is -1.04. The molecule has 0 heterocycles. The van der Waals surface area contributed by atoms with Gasteiger partial charge in [0.1, 0.15) is 6.54 Å².